The Bertz CT molecular complexity index is 160. The number of hydrogen-bond donors (Lipinski definition) is 1. The van der Waals surface area contributed by atoms with Gasteiger partial charge in [-0.05, 0) is 12.8 Å². The van der Waals surface area contributed by atoms with Gasteiger partial charge >= 0.3 is 29.6 Å². The first kappa shape index (κ1) is 8.91. The van der Waals surface area contributed by atoms with Gasteiger partial charge in [-0.2, -0.15) is 0 Å². The van der Waals surface area contributed by atoms with E-state index in [0.717, 1.165) is 12.8 Å². The number of rotatable bonds is 1. The van der Waals surface area contributed by atoms with Gasteiger partial charge in [-0.15, -0.1) is 0 Å². The van der Waals surface area contributed by atoms with E-state index in [1.807, 2.05) is 0 Å². The minimum atomic E-state index is -3.13. The predicted molar refractivity (Wildman–Crippen MR) is 26.1 cm³/mol. The van der Waals surface area contributed by atoms with Crippen LogP contribution in [0.25, 0.3) is 0 Å². The van der Waals surface area contributed by atoms with Crippen molar-refractivity contribution in [2.45, 2.75) is 18.1 Å². The largest absolute Gasteiger partial charge is 1.00 e. The van der Waals surface area contributed by atoms with Crippen LogP contribution in [0.1, 0.15) is 12.8 Å². The van der Waals surface area contributed by atoms with Gasteiger partial charge in [0, 0.05) is 0 Å². The Hall–Kier alpha value is 0.910. The molecule has 1 fully saturated rings. The maximum absolute atomic E-state index is 10.2. The third-order valence-corrected chi connectivity index (χ3v) is 2.39. The minimum absolute atomic E-state index is 0. The van der Waals surface area contributed by atoms with Crippen LogP contribution in [0.2, 0.25) is 0 Å². The summed E-state index contributed by atoms with van der Waals surface area (Å²) in [5.41, 5.74) is 0. The fourth-order valence-electron chi connectivity index (χ4n) is 0.397. The first-order valence-corrected chi connectivity index (χ1v) is 3.73. The fourth-order valence-corrected chi connectivity index (χ4v) is 1.19. The second-order valence-corrected chi connectivity index (χ2v) is 3.63. The molecule has 0 aromatic rings. The quantitative estimate of drug-likeness (QED) is 0.387. The van der Waals surface area contributed by atoms with Crippen molar-refractivity contribution in [3.05, 3.63) is 0 Å². The van der Waals surface area contributed by atoms with Gasteiger partial charge in [-0.1, -0.05) is 0 Å². The second-order valence-electron chi connectivity index (χ2n) is 1.79. The SMILES string of the molecule is NS(=O)(=O)C1CC1.[Na+]. The maximum atomic E-state index is 10.2. The minimum Gasteiger partial charge on any atom is -0.228 e. The summed E-state index contributed by atoms with van der Waals surface area (Å²) in [7, 11) is -3.13. The van der Waals surface area contributed by atoms with Crippen LogP contribution in [0.5, 0.6) is 0 Å². The van der Waals surface area contributed by atoms with Crippen molar-refractivity contribution in [1.29, 1.82) is 0 Å². The molecule has 8 heavy (non-hydrogen) atoms. The molecule has 0 heterocycles. The summed E-state index contributed by atoms with van der Waals surface area (Å²) in [6.07, 6.45) is 1.53. The van der Waals surface area contributed by atoms with Crippen LogP contribution < -0.4 is 34.7 Å². The van der Waals surface area contributed by atoms with E-state index in [1.165, 1.54) is 0 Å². The van der Waals surface area contributed by atoms with E-state index in [4.69, 9.17) is 5.14 Å². The van der Waals surface area contributed by atoms with Crippen LogP contribution in [0.15, 0.2) is 0 Å². The summed E-state index contributed by atoms with van der Waals surface area (Å²) < 4.78 is 20.3. The predicted octanol–water partition coefficient (Wildman–Crippen LogP) is -3.56. The van der Waals surface area contributed by atoms with Gasteiger partial charge in [0.15, 0.2) is 0 Å². The first-order chi connectivity index (χ1) is 3.11. The third-order valence-electron chi connectivity index (χ3n) is 0.989. The van der Waals surface area contributed by atoms with E-state index in [-0.39, 0.29) is 34.8 Å². The van der Waals surface area contributed by atoms with Crippen molar-refractivity contribution in [1.82, 2.24) is 0 Å². The van der Waals surface area contributed by atoms with Gasteiger partial charge in [-0.25, -0.2) is 13.6 Å². The Morgan fingerprint density at radius 3 is 1.75 bits per heavy atom. The molecular formula is C3H7NNaO2S+. The van der Waals surface area contributed by atoms with E-state index in [2.05, 4.69) is 0 Å². The van der Waals surface area contributed by atoms with Crippen molar-refractivity contribution in [3.8, 4) is 0 Å². The first-order valence-electron chi connectivity index (χ1n) is 2.12. The van der Waals surface area contributed by atoms with Crippen molar-refractivity contribution in [2.24, 2.45) is 5.14 Å². The molecule has 1 aliphatic carbocycles. The molecule has 1 saturated carbocycles. The van der Waals surface area contributed by atoms with E-state index >= 15 is 0 Å². The van der Waals surface area contributed by atoms with Crippen LogP contribution in [0.3, 0.4) is 0 Å². The third kappa shape index (κ3) is 2.46. The number of sulfonamides is 1. The molecule has 0 bridgehead atoms. The van der Waals surface area contributed by atoms with Gasteiger partial charge < -0.3 is 0 Å². The molecule has 42 valence electrons. The molecule has 0 atom stereocenters. The molecule has 5 heteroatoms. The average Bonchev–Trinajstić information content (AvgIpc) is 1.99. The normalized spacial score (nSPS) is 19.6. The topological polar surface area (TPSA) is 60.2 Å². The summed E-state index contributed by atoms with van der Waals surface area (Å²) in [5, 5.41) is 4.51. The second kappa shape index (κ2) is 2.66. The van der Waals surface area contributed by atoms with E-state index < -0.39 is 10.0 Å². The van der Waals surface area contributed by atoms with Crippen LogP contribution >= 0.6 is 0 Å². The molecule has 0 spiro atoms. The Balaban J connectivity index is 0.000000490. The Morgan fingerprint density at radius 1 is 1.38 bits per heavy atom. The van der Waals surface area contributed by atoms with Crippen LogP contribution in [-0.2, 0) is 10.0 Å². The Morgan fingerprint density at radius 2 is 1.75 bits per heavy atom. The Labute approximate surface area is 71.0 Å². The molecule has 0 aliphatic heterocycles. The molecule has 0 saturated heterocycles. The zero-order valence-corrected chi connectivity index (χ0v) is 7.61. The Kier molecular flexibility index (Phi) is 2.97. The molecule has 0 unspecified atom stereocenters. The number of primary sulfonamides is 1. The summed E-state index contributed by atoms with van der Waals surface area (Å²) in [5.74, 6) is 0. The molecule has 0 aromatic carbocycles. The van der Waals surface area contributed by atoms with Gasteiger partial charge in [0.2, 0.25) is 10.0 Å². The van der Waals surface area contributed by atoms with Gasteiger partial charge in [0.25, 0.3) is 0 Å². The summed E-state index contributed by atoms with van der Waals surface area (Å²) >= 11 is 0. The van der Waals surface area contributed by atoms with E-state index in [0.29, 0.717) is 0 Å². The maximum Gasteiger partial charge on any atom is 1.00 e. The average molecular weight is 144 g/mol. The van der Waals surface area contributed by atoms with E-state index in [1.54, 1.807) is 0 Å². The molecule has 1 aliphatic rings. The monoisotopic (exact) mass is 144 g/mol. The van der Waals surface area contributed by atoms with Crippen molar-refractivity contribution in [2.75, 3.05) is 0 Å². The van der Waals surface area contributed by atoms with Crippen LogP contribution in [-0.4, -0.2) is 13.7 Å². The zero-order chi connectivity index (χ0) is 5.49. The smallest absolute Gasteiger partial charge is 0.228 e. The molecule has 2 N–H and O–H groups in total. The number of nitrogens with two attached hydrogens (primary N) is 1. The summed E-state index contributed by atoms with van der Waals surface area (Å²) in [6.45, 7) is 0. The molecule has 0 radical (unpaired) electrons. The molecule has 0 aromatic heterocycles. The number of hydrogen-bond acceptors (Lipinski definition) is 2. The van der Waals surface area contributed by atoms with Gasteiger partial charge in [-0.3, -0.25) is 0 Å². The van der Waals surface area contributed by atoms with Gasteiger partial charge in [0.1, 0.15) is 0 Å². The standard InChI is InChI=1S/C3H7NO2S.Na/c4-7(5,6)3-1-2-3;/h3H,1-2H2,(H2,4,5,6);/q;+1. The fraction of sp³-hybridized carbons (Fsp3) is 1.00. The summed E-state index contributed by atoms with van der Waals surface area (Å²) in [4.78, 5) is 0. The summed E-state index contributed by atoms with van der Waals surface area (Å²) in [6, 6.07) is 0. The van der Waals surface area contributed by atoms with Crippen LogP contribution in [0.4, 0.5) is 0 Å². The molecule has 3 nitrogen and oxygen atoms in total. The van der Waals surface area contributed by atoms with Crippen molar-refractivity contribution >= 4 is 10.0 Å². The van der Waals surface area contributed by atoms with Crippen molar-refractivity contribution < 1.29 is 38.0 Å². The molecule has 1 rings (SSSR count). The van der Waals surface area contributed by atoms with Crippen molar-refractivity contribution in [3.63, 3.8) is 0 Å². The van der Waals surface area contributed by atoms with E-state index in [9.17, 15) is 8.42 Å². The van der Waals surface area contributed by atoms with Crippen LogP contribution in [0, 0.1) is 0 Å². The molecule has 0 amide bonds. The molecular weight excluding hydrogens is 137 g/mol. The van der Waals surface area contributed by atoms with Gasteiger partial charge in [0.05, 0.1) is 5.25 Å². The zero-order valence-electron chi connectivity index (χ0n) is 4.79.